The third kappa shape index (κ3) is 4.33. The Morgan fingerprint density at radius 3 is 2.44 bits per heavy atom. The van der Waals surface area contributed by atoms with E-state index in [1.807, 2.05) is 0 Å². The number of hydrogen-bond acceptors (Lipinski definition) is 9. The first-order chi connectivity index (χ1) is 12.6. The van der Waals surface area contributed by atoms with Gasteiger partial charge in [-0.25, -0.2) is 9.67 Å². The third-order valence-corrected chi connectivity index (χ3v) is 5.95. The van der Waals surface area contributed by atoms with Gasteiger partial charge in [-0.2, -0.15) is 8.78 Å². The standard InChI is InChI=1S/C13H21F2N4O7P/c1-3-24-27(23,25-4-2)13(14,15)5-7-8(20)9(21)12(26-7)19-6-17-11(18-19)10(16)22/h6-9,12,20-21H,3-5H2,1-2H3,(H2,16,22)/t7-,8-,9-,12-/m1/s1. The average Bonchev–Trinajstić information content (AvgIpc) is 3.16. The maximum Gasteiger partial charge on any atom is 0.399 e. The zero-order chi connectivity index (χ0) is 20.4. The minimum atomic E-state index is -4.82. The van der Waals surface area contributed by atoms with Crippen LogP contribution >= 0.6 is 7.60 Å². The van der Waals surface area contributed by atoms with Crippen molar-refractivity contribution in [3.8, 4) is 0 Å². The Morgan fingerprint density at radius 2 is 1.96 bits per heavy atom. The molecule has 1 aliphatic rings. The van der Waals surface area contributed by atoms with E-state index in [-0.39, 0.29) is 19.0 Å². The molecule has 11 nitrogen and oxygen atoms in total. The summed E-state index contributed by atoms with van der Waals surface area (Å²) >= 11 is 0. The van der Waals surface area contributed by atoms with Crippen LogP contribution < -0.4 is 5.73 Å². The number of amides is 1. The summed E-state index contributed by atoms with van der Waals surface area (Å²) < 4.78 is 56.9. The molecule has 4 N–H and O–H groups in total. The molecule has 0 saturated carbocycles. The molecule has 14 heteroatoms. The van der Waals surface area contributed by atoms with Crippen molar-refractivity contribution in [1.29, 1.82) is 0 Å². The molecule has 4 atom stereocenters. The van der Waals surface area contributed by atoms with E-state index in [9.17, 15) is 28.4 Å². The van der Waals surface area contributed by atoms with E-state index in [4.69, 9.17) is 10.5 Å². The third-order valence-electron chi connectivity index (χ3n) is 3.77. The predicted octanol–water partition coefficient (Wildman–Crippen LogP) is 0.245. The molecule has 0 spiro atoms. The average molecular weight is 414 g/mol. The van der Waals surface area contributed by atoms with E-state index in [1.165, 1.54) is 13.8 Å². The minimum absolute atomic E-state index is 0.277. The normalized spacial score (nSPS) is 26.4. The van der Waals surface area contributed by atoms with E-state index in [1.54, 1.807) is 0 Å². The van der Waals surface area contributed by atoms with Gasteiger partial charge in [0.2, 0.25) is 5.82 Å². The number of carbonyl (C=O) groups excluding carboxylic acids is 1. The van der Waals surface area contributed by atoms with Gasteiger partial charge in [0.05, 0.1) is 25.7 Å². The Kier molecular flexibility index (Phi) is 6.66. The fourth-order valence-corrected chi connectivity index (χ4v) is 4.08. The number of alkyl halides is 2. The second-order valence-corrected chi connectivity index (χ2v) is 7.83. The Bertz CT molecular complexity index is 709. The topological polar surface area (TPSA) is 159 Å². The Labute approximate surface area is 152 Å². The summed E-state index contributed by atoms with van der Waals surface area (Å²) in [6, 6.07) is 0. The lowest BCUT2D eigenvalue weighted by atomic mass is 10.1. The van der Waals surface area contributed by atoms with Crippen molar-refractivity contribution in [1.82, 2.24) is 14.8 Å². The molecular weight excluding hydrogens is 393 g/mol. The molecule has 1 aromatic heterocycles. The highest BCUT2D eigenvalue weighted by Crippen LogP contribution is 2.64. The molecule has 2 rings (SSSR count). The van der Waals surface area contributed by atoms with Crippen LogP contribution in [0.2, 0.25) is 0 Å². The molecule has 1 saturated heterocycles. The van der Waals surface area contributed by atoms with Crippen LogP contribution in [-0.2, 0) is 18.3 Å². The number of aromatic nitrogens is 3. The highest BCUT2D eigenvalue weighted by atomic mass is 31.2. The van der Waals surface area contributed by atoms with E-state index in [0.29, 0.717) is 0 Å². The van der Waals surface area contributed by atoms with Gasteiger partial charge in [-0.15, -0.1) is 5.10 Å². The molecule has 1 amide bonds. The lowest BCUT2D eigenvalue weighted by Crippen LogP contribution is -2.35. The van der Waals surface area contributed by atoms with E-state index >= 15 is 0 Å². The molecule has 27 heavy (non-hydrogen) atoms. The summed E-state index contributed by atoms with van der Waals surface area (Å²) in [5, 5.41) is 23.8. The molecule has 0 aromatic carbocycles. The molecular formula is C13H21F2N4O7P. The van der Waals surface area contributed by atoms with Crippen molar-refractivity contribution in [2.45, 2.75) is 50.5 Å². The largest absolute Gasteiger partial charge is 0.399 e. The first-order valence-corrected chi connectivity index (χ1v) is 9.60. The predicted molar refractivity (Wildman–Crippen MR) is 84.9 cm³/mol. The minimum Gasteiger partial charge on any atom is -0.388 e. The zero-order valence-electron chi connectivity index (χ0n) is 14.6. The number of primary amides is 1. The summed E-state index contributed by atoms with van der Waals surface area (Å²) in [5.41, 5.74) is 1.03. The van der Waals surface area contributed by atoms with Crippen molar-refractivity contribution in [3.63, 3.8) is 0 Å². The first-order valence-electron chi connectivity index (χ1n) is 8.06. The van der Waals surface area contributed by atoms with Crippen LogP contribution in [0.15, 0.2) is 6.33 Å². The highest BCUT2D eigenvalue weighted by molar-refractivity contribution is 7.55. The Balaban J connectivity index is 2.18. The van der Waals surface area contributed by atoms with Crippen molar-refractivity contribution in [3.05, 3.63) is 12.2 Å². The first kappa shape index (κ1) is 21.8. The van der Waals surface area contributed by atoms with Gasteiger partial charge < -0.3 is 29.7 Å². The number of aliphatic hydroxyl groups excluding tert-OH is 2. The summed E-state index contributed by atoms with van der Waals surface area (Å²) in [5.74, 6) is -1.33. The van der Waals surface area contributed by atoms with Crippen molar-refractivity contribution >= 4 is 13.5 Å². The maximum atomic E-state index is 14.6. The Hall–Kier alpha value is -1.50. The van der Waals surface area contributed by atoms with Gasteiger partial charge in [-0.05, 0) is 13.8 Å². The molecule has 1 aliphatic heterocycles. The number of ether oxygens (including phenoxy) is 1. The maximum absolute atomic E-state index is 14.6. The van der Waals surface area contributed by atoms with Gasteiger partial charge in [0.1, 0.15) is 18.5 Å². The van der Waals surface area contributed by atoms with E-state index in [0.717, 1.165) is 11.0 Å². The van der Waals surface area contributed by atoms with Crippen LogP contribution in [0, 0.1) is 0 Å². The smallest absolute Gasteiger partial charge is 0.388 e. The van der Waals surface area contributed by atoms with Crippen LogP contribution in [0.1, 0.15) is 37.1 Å². The number of nitrogens with two attached hydrogens (primary N) is 1. The SMILES string of the molecule is CCOP(=O)(OCC)C(F)(F)C[C@H]1O[C@@H](n2cnc(C(N)=O)n2)[C@H](O)[C@@H]1O. The molecule has 2 heterocycles. The molecule has 0 radical (unpaired) electrons. The van der Waals surface area contributed by atoms with Gasteiger partial charge in [-0.1, -0.05) is 0 Å². The van der Waals surface area contributed by atoms with Crippen LogP contribution in [0.4, 0.5) is 8.78 Å². The van der Waals surface area contributed by atoms with Gasteiger partial charge in [0.15, 0.2) is 6.23 Å². The summed E-state index contributed by atoms with van der Waals surface area (Å²) in [6.45, 7) is 2.20. The molecule has 0 aliphatic carbocycles. The number of hydrogen-bond donors (Lipinski definition) is 3. The van der Waals surface area contributed by atoms with Crippen LogP contribution in [-0.4, -0.2) is 68.1 Å². The number of aliphatic hydroxyl groups is 2. The fourth-order valence-electron chi connectivity index (χ4n) is 2.55. The van der Waals surface area contributed by atoms with Crippen LogP contribution in [0.25, 0.3) is 0 Å². The second-order valence-electron chi connectivity index (χ2n) is 5.66. The molecule has 0 bridgehead atoms. The molecule has 1 fully saturated rings. The van der Waals surface area contributed by atoms with Crippen molar-refractivity contribution in [2.75, 3.05) is 13.2 Å². The quantitative estimate of drug-likeness (QED) is 0.481. The summed E-state index contributed by atoms with van der Waals surface area (Å²) in [6.07, 6.45) is -6.68. The molecule has 154 valence electrons. The number of nitrogens with zero attached hydrogens (tertiary/aromatic N) is 3. The molecule has 0 unspecified atom stereocenters. The van der Waals surface area contributed by atoms with E-state index in [2.05, 4.69) is 19.1 Å². The summed E-state index contributed by atoms with van der Waals surface area (Å²) in [7, 11) is -4.82. The Morgan fingerprint density at radius 1 is 1.37 bits per heavy atom. The zero-order valence-corrected chi connectivity index (χ0v) is 15.5. The number of halogens is 2. The lowest BCUT2D eigenvalue weighted by molar-refractivity contribution is -0.0760. The van der Waals surface area contributed by atoms with Gasteiger partial charge in [0, 0.05) is 0 Å². The fraction of sp³-hybridized carbons (Fsp3) is 0.769. The monoisotopic (exact) mass is 414 g/mol. The van der Waals surface area contributed by atoms with Crippen LogP contribution in [0.3, 0.4) is 0 Å². The number of rotatable bonds is 9. The van der Waals surface area contributed by atoms with Gasteiger partial charge in [0.25, 0.3) is 5.91 Å². The number of carbonyl (C=O) groups is 1. The lowest BCUT2D eigenvalue weighted by Gasteiger charge is -2.28. The van der Waals surface area contributed by atoms with Gasteiger partial charge >= 0.3 is 13.3 Å². The van der Waals surface area contributed by atoms with Crippen molar-refractivity contribution in [2.24, 2.45) is 5.73 Å². The van der Waals surface area contributed by atoms with E-state index < -0.39 is 50.1 Å². The molecule has 1 aromatic rings. The second kappa shape index (κ2) is 8.25. The summed E-state index contributed by atoms with van der Waals surface area (Å²) in [4.78, 5) is 14.6. The van der Waals surface area contributed by atoms with Crippen LogP contribution in [0.5, 0.6) is 0 Å². The highest BCUT2D eigenvalue weighted by Gasteiger charge is 2.58. The van der Waals surface area contributed by atoms with Crippen molar-refractivity contribution < 1.29 is 42.1 Å². The van der Waals surface area contributed by atoms with Gasteiger partial charge in [-0.3, -0.25) is 9.36 Å².